The first-order chi connectivity index (χ1) is 15.0. The van der Waals surface area contributed by atoms with Gasteiger partial charge >= 0.3 is 12.1 Å². The summed E-state index contributed by atoms with van der Waals surface area (Å²) in [4.78, 5) is 37.3. The van der Waals surface area contributed by atoms with Gasteiger partial charge in [0, 0.05) is 0 Å². The molecule has 2 amide bonds. The molecule has 2 aromatic rings. The van der Waals surface area contributed by atoms with Crippen molar-refractivity contribution in [1.29, 1.82) is 0 Å². The van der Waals surface area contributed by atoms with Crippen LogP contribution in [0.3, 0.4) is 0 Å². The van der Waals surface area contributed by atoms with Crippen LogP contribution in [0.1, 0.15) is 38.8 Å². The van der Waals surface area contributed by atoms with Gasteiger partial charge in [-0.15, -0.1) is 0 Å². The molecule has 0 aliphatic heterocycles. The Morgan fingerprint density at radius 2 is 1.59 bits per heavy atom. The summed E-state index contributed by atoms with van der Waals surface area (Å²) in [6.07, 6.45) is -0.929. The highest BCUT2D eigenvalue weighted by molar-refractivity contribution is 5.98. The molecule has 0 fully saturated rings. The van der Waals surface area contributed by atoms with E-state index in [9.17, 15) is 19.5 Å². The lowest BCUT2D eigenvalue weighted by atomic mass is 10.0. The van der Waals surface area contributed by atoms with E-state index in [1.54, 1.807) is 45.0 Å². The third kappa shape index (κ3) is 7.39. The number of carboxylic acids is 1. The second-order valence-electron chi connectivity index (χ2n) is 8.43. The van der Waals surface area contributed by atoms with Crippen molar-refractivity contribution in [1.82, 2.24) is 4.90 Å². The summed E-state index contributed by atoms with van der Waals surface area (Å²) in [5.74, 6) is -1.50. The molecule has 3 N–H and O–H groups in total. The second-order valence-corrected chi connectivity index (χ2v) is 8.43. The largest absolute Gasteiger partial charge is 0.489 e. The van der Waals surface area contributed by atoms with Crippen LogP contribution in [0.5, 0.6) is 5.75 Å². The van der Waals surface area contributed by atoms with E-state index in [1.807, 2.05) is 30.3 Å². The molecule has 0 saturated heterocycles. The average molecular weight is 443 g/mol. The fourth-order valence-electron chi connectivity index (χ4n) is 2.84. The predicted octanol–water partition coefficient (Wildman–Crippen LogP) is 3.37. The first-order valence-electron chi connectivity index (χ1n) is 10.3. The van der Waals surface area contributed by atoms with Gasteiger partial charge in [0.1, 0.15) is 24.0 Å². The molecule has 172 valence electrons. The van der Waals surface area contributed by atoms with Crippen molar-refractivity contribution in [3.05, 3.63) is 65.7 Å². The smallest absolute Gasteiger partial charge is 0.417 e. The molecule has 32 heavy (non-hydrogen) atoms. The van der Waals surface area contributed by atoms with Gasteiger partial charge in [-0.25, -0.2) is 14.5 Å². The minimum absolute atomic E-state index is 0.115. The van der Waals surface area contributed by atoms with Crippen molar-refractivity contribution in [2.45, 2.75) is 58.4 Å². The van der Waals surface area contributed by atoms with Crippen LogP contribution < -0.4 is 10.5 Å². The number of nitrogens with two attached hydrogens (primary N) is 1. The van der Waals surface area contributed by atoms with E-state index in [0.717, 1.165) is 11.1 Å². The van der Waals surface area contributed by atoms with E-state index in [-0.39, 0.29) is 6.42 Å². The molecule has 0 aliphatic rings. The molecule has 2 aromatic carbocycles. The Morgan fingerprint density at radius 1 is 1.00 bits per heavy atom. The first-order valence-corrected chi connectivity index (χ1v) is 10.3. The lowest BCUT2D eigenvalue weighted by Gasteiger charge is -2.30. The van der Waals surface area contributed by atoms with E-state index >= 15 is 0 Å². The van der Waals surface area contributed by atoms with Crippen LogP contribution in [0.15, 0.2) is 54.6 Å². The van der Waals surface area contributed by atoms with Gasteiger partial charge in [-0.05, 0) is 57.4 Å². The molecule has 0 aromatic heterocycles. The number of rotatable bonds is 8. The monoisotopic (exact) mass is 442 g/mol. The lowest BCUT2D eigenvalue weighted by molar-refractivity contribution is -0.149. The summed E-state index contributed by atoms with van der Waals surface area (Å²) in [6, 6.07) is 14.3. The number of hydrogen-bond donors (Lipinski definition) is 2. The molecule has 0 aliphatic carbocycles. The first kappa shape index (κ1) is 24.9. The molecule has 0 heterocycles. The van der Waals surface area contributed by atoms with Crippen molar-refractivity contribution in [3.8, 4) is 5.75 Å². The number of amides is 2. The van der Waals surface area contributed by atoms with Crippen LogP contribution in [0.25, 0.3) is 0 Å². The quantitative estimate of drug-likeness (QED) is 0.643. The highest BCUT2D eigenvalue weighted by Crippen LogP contribution is 2.17. The third-order valence-electron chi connectivity index (χ3n) is 4.52. The number of nitrogens with zero attached hydrogens (tertiary/aromatic N) is 1. The van der Waals surface area contributed by atoms with E-state index in [4.69, 9.17) is 15.2 Å². The molecule has 2 rings (SSSR count). The summed E-state index contributed by atoms with van der Waals surface area (Å²) in [7, 11) is 0. The minimum Gasteiger partial charge on any atom is -0.489 e. The summed E-state index contributed by atoms with van der Waals surface area (Å²) in [5, 5.41) is 9.33. The number of aliphatic carboxylic acids is 1. The molecule has 8 heteroatoms. The van der Waals surface area contributed by atoms with Crippen LogP contribution in [0, 0.1) is 0 Å². The molecule has 8 nitrogen and oxygen atoms in total. The number of carboxylic acid groups (broad SMARTS) is 1. The molecular weight excluding hydrogens is 412 g/mol. The second kappa shape index (κ2) is 10.8. The Hall–Kier alpha value is -3.39. The molecular formula is C24H30N2O6. The molecule has 0 bridgehead atoms. The van der Waals surface area contributed by atoms with Gasteiger partial charge in [0.05, 0.1) is 6.04 Å². The van der Waals surface area contributed by atoms with Crippen molar-refractivity contribution < 1.29 is 29.0 Å². The zero-order chi connectivity index (χ0) is 23.9. The van der Waals surface area contributed by atoms with E-state index in [2.05, 4.69) is 0 Å². The molecule has 0 saturated carbocycles. The number of imide groups is 1. The maximum absolute atomic E-state index is 12.9. The van der Waals surface area contributed by atoms with Gasteiger partial charge in [0.15, 0.2) is 0 Å². The molecule has 2 atom stereocenters. The number of benzene rings is 2. The maximum Gasteiger partial charge on any atom is 0.417 e. The standard InChI is InChI=1S/C24H30N2O6/c1-16(22(28)29)26(23(30)32-24(2,3)4)21(27)20(25)14-17-10-12-19(13-11-17)31-15-18-8-6-5-7-9-18/h5-13,16,20H,14-15,25H2,1-4H3,(H,28,29)/t16-,20+/m1/s1. The number of hydrogen-bond acceptors (Lipinski definition) is 6. The normalized spacial score (nSPS) is 13.0. The molecule has 0 unspecified atom stereocenters. The van der Waals surface area contributed by atoms with Crippen LogP contribution in [-0.2, 0) is 27.4 Å². The summed E-state index contributed by atoms with van der Waals surface area (Å²) in [6.45, 7) is 6.53. The average Bonchev–Trinajstić information content (AvgIpc) is 2.72. The van der Waals surface area contributed by atoms with Gasteiger partial charge in [-0.2, -0.15) is 0 Å². The summed E-state index contributed by atoms with van der Waals surface area (Å²) in [5.41, 5.74) is 6.93. The van der Waals surface area contributed by atoms with Gasteiger partial charge in [-0.1, -0.05) is 42.5 Å². The zero-order valence-electron chi connectivity index (χ0n) is 18.8. The van der Waals surface area contributed by atoms with Crippen molar-refractivity contribution >= 4 is 18.0 Å². The number of carbonyl (C=O) groups excluding carboxylic acids is 2. The Labute approximate surface area is 187 Å². The highest BCUT2D eigenvalue weighted by Gasteiger charge is 2.37. The molecule has 0 spiro atoms. The van der Waals surface area contributed by atoms with Crippen LogP contribution >= 0.6 is 0 Å². The molecule has 0 radical (unpaired) electrons. The van der Waals surface area contributed by atoms with Gasteiger partial charge in [0.2, 0.25) is 5.91 Å². The van der Waals surface area contributed by atoms with Crippen molar-refractivity contribution in [2.75, 3.05) is 0 Å². The Balaban J connectivity index is 2.04. The number of carbonyl (C=O) groups is 3. The van der Waals surface area contributed by atoms with Crippen LogP contribution in [-0.4, -0.2) is 45.7 Å². The van der Waals surface area contributed by atoms with Crippen LogP contribution in [0.2, 0.25) is 0 Å². The van der Waals surface area contributed by atoms with E-state index in [0.29, 0.717) is 17.3 Å². The topological polar surface area (TPSA) is 119 Å². The van der Waals surface area contributed by atoms with E-state index < -0.39 is 35.7 Å². The third-order valence-corrected chi connectivity index (χ3v) is 4.52. The van der Waals surface area contributed by atoms with Crippen LogP contribution in [0.4, 0.5) is 4.79 Å². The van der Waals surface area contributed by atoms with Crippen molar-refractivity contribution in [2.24, 2.45) is 5.73 Å². The summed E-state index contributed by atoms with van der Waals surface area (Å²) < 4.78 is 10.9. The SMILES string of the molecule is C[C@H](C(=O)O)N(C(=O)OC(C)(C)C)C(=O)[C@@H](N)Cc1ccc(OCc2ccccc2)cc1. The Bertz CT molecular complexity index is 922. The van der Waals surface area contributed by atoms with Gasteiger partial charge in [0.25, 0.3) is 0 Å². The maximum atomic E-state index is 12.9. The fourth-order valence-corrected chi connectivity index (χ4v) is 2.84. The van der Waals surface area contributed by atoms with Gasteiger partial charge in [-0.3, -0.25) is 4.79 Å². The van der Waals surface area contributed by atoms with Gasteiger partial charge < -0.3 is 20.3 Å². The minimum atomic E-state index is -1.42. The Morgan fingerprint density at radius 3 is 2.12 bits per heavy atom. The van der Waals surface area contributed by atoms with Crippen molar-refractivity contribution in [3.63, 3.8) is 0 Å². The predicted molar refractivity (Wildman–Crippen MR) is 119 cm³/mol. The fraction of sp³-hybridized carbons (Fsp3) is 0.375. The van der Waals surface area contributed by atoms with E-state index in [1.165, 1.54) is 6.92 Å². The zero-order valence-corrected chi connectivity index (χ0v) is 18.8. The lowest BCUT2D eigenvalue weighted by Crippen LogP contribution is -2.54. The number of ether oxygens (including phenoxy) is 2. The summed E-state index contributed by atoms with van der Waals surface area (Å²) >= 11 is 0. The Kier molecular flexibility index (Phi) is 8.37. The highest BCUT2D eigenvalue weighted by atomic mass is 16.6.